The van der Waals surface area contributed by atoms with Crippen molar-refractivity contribution < 1.29 is 9.59 Å². The molecule has 0 N–H and O–H groups in total. The average Bonchev–Trinajstić information content (AvgIpc) is 3.10. The Morgan fingerprint density at radius 2 is 1.85 bits per heavy atom. The van der Waals surface area contributed by atoms with Crippen LogP contribution in [0.25, 0.3) is 0 Å². The van der Waals surface area contributed by atoms with Gasteiger partial charge in [-0.15, -0.1) is 0 Å². The normalized spacial score (nSPS) is 19.9. The summed E-state index contributed by atoms with van der Waals surface area (Å²) in [5.41, 5.74) is 1.60. The third-order valence-corrected chi connectivity index (χ3v) is 5.59. The molecule has 3 rings (SSSR count). The number of carbonyl (C=O) groups excluding carboxylic acids is 2. The lowest BCUT2D eigenvalue weighted by atomic mass is 9.94. The first kappa shape index (κ1) is 18.9. The highest BCUT2D eigenvalue weighted by atomic mass is 16.2. The van der Waals surface area contributed by atoms with E-state index in [1.54, 1.807) is 6.33 Å². The minimum absolute atomic E-state index is 0.0279. The van der Waals surface area contributed by atoms with Crippen molar-refractivity contribution in [3.8, 4) is 0 Å². The molecule has 2 aliphatic heterocycles. The number of amides is 2. The summed E-state index contributed by atoms with van der Waals surface area (Å²) in [6.07, 6.45) is 8.73. The number of hydrogen-bond acceptors (Lipinski definition) is 3. The van der Waals surface area contributed by atoms with Crippen LogP contribution >= 0.6 is 0 Å². The van der Waals surface area contributed by atoms with E-state index in [0.717, 1.165) is 70.4 Å². The standard InChI is InChI=1S/C20H32N4O2/c1-3-10-22(11-4-2)20(26)18-17-9-8-16(14-24(17)15-21-18)19(25)23-12-6-5-7-13-23/h15-16H,3-14H2,1-2H3. The van der Waals surface area contributed by atoms with E-state index in [4.69, 9.17) is 0 Å². The predicted octanol–water partition coefficient (Wildman–Crippen LogP) is 2.72. The molecule has 0 aliphatic carbocycles. The van der Waals surface area contributed by atoms with Gasteiger partial charge < -0.3 is 14.4 Å². The molecular weight excluding hydrogens is 328 g/mol. The van der Waals surface area contributed by atoms with Gasteiger partial charge in [0.15, 0.2) is 0 Å². The molecule has 1 aromatic rings. The topological polar surface area (TPSA) is 58.4 Å². The van der Waals surface area contributed by atoms with Crippen LogP contribution in [0.15, 0.2) is 6.33 Å². The van der Waals surface area contributed by atoms with Crippen molar-refractivity contribution in [1.29, 1.82) is 0 Å². The van der Waals surface area contributed by atoms with Gasteiger partial charge in [-0.25, -0.2) is 4.98 Å². The lowest BCUT2D eigenvalue weighted by Crippen LogP contribution is -2.42. The molecule has 1 fully saturated rings. The second kappa shape index (κ2) is 8.69. The van der Waals surface area contributed by atoms with Crippen molar-refractivity contribution >= 4 is 11.8 Å². The third-order valence-electron chi connectivity index (χ3n) is 5.59. The number of imidazole rings is 1. The van der Waals surface area contributed by atoms with Gasteiger partial charge >= 0.3 is 0 Å². The molecule has 1 aromatic heterocycles. The first-order valence-corrected chi connectivity index (χ1v) is 10.3. The highest BCUT2D eigenvalue weighted by molar-refractivity contribution is 5.93. The number of fused-ring (bicyclic) bond motifs is 1. The lowest BCUT2D eigenvalue weighted by Gasteiger charge is -2.32. The maximum absolute atomic E-state index is 12.9. The molecule has 2 amide bonds. The van der Waals surface area contributed by atoms with Crippen molar-refractivity contribution in [2.24, 2.45) is 5.92 Å². The lowest BCUT2D eigenvalue weighted by molar-refractivity contribution is -0.137. The summed E-state index contributed by atoms with van der Waals surface area (Å²) >= 11 is 0. The van der Waals surface area contributed by atoms with Crippen LogP contribution in [0.4, 0.5) is 0 Å². The highest BCUT2D eigenvalue weighted by Crippen LogP contribution is 2.26. The first-order valence-electron chi connectivity index (χ1n) is 10.3. The highest BCUT2D eigenvalue weighted by Gasteiger charge is 2.32. The summed E-state index contributed by atoms with van der Waals surface area (Å²) in [6.45, 7) is 8.19. The number of rotatable bonds is 6. The Bertz CT molecular complexity index is 628. The number of aromatic nitrogens is 2. The van der Waals surface area contributed by atoms with Crippen molar-refractivity contribution in [3.05, 3.63) is 17.7 Å². The summed E-state index contributed by atoms with van der Waals surface area (Å²) < 4.78 is 2.04. The minimum atomic E-state index is 0.0279. The van der Waals surface area contributed by atoms with Gasteiger partial charge in [0.05, 0.1) is 17.9 Å². The van der Waals surface area contributed by atoms with E-state index < -0.39 is 0 Å². The smallest absolute Gasteiger partial charge is 0.274 e. The predicted molar refractivity (Wildman–Crippen MR) is 101 cm³/mol. The fourth-order valence-electron chi connectivity index (χ4n) is 4.22. The molecule has 3 heterocycles. The van der Waals surface area contributed by atoms with Crippen molar-refractivity contribution in [2.75, 3.05) is 26.2 Å². The number of nitrogens with zero attached hydrogens (tertiary/aromatic N) is 4. The Labute approximate surface area is 156 Å². The van der Waals surface area contributed by atoms with Gasteiger partial charge in [0, 0.05) is 32.7 Å². The number of piperidine rings is 1. The Kier molecular flexibility index (Phi) is 6.33. The van der Waals surface area contributed by atoms with Crippen molar-refractivity contribution in [2.45, 2.75) is 65.3 Å². The minimum Gasteiger partial charge on any atom is -0.342 e. The number of hydrogen-bond donors (Lipinski definition) is 0. The van der Waals surface area contributed by atoms with Crippen LogP contribution < -0.4 is 0 Å². The van der Waals surface area contributed by atoms with E-state index in [2.05, 4.69) is 18.8 Å². The van der Waals surface area contributed by atoms with Crippen LogP contribution in [0.5, 0.6) is 0 Å². The molecule has 1 saturated heterocycles. The van der Waals surface area contributed by atoms with Crippen molar-refractivity contribution in [1.82, 2.24) is 19.4 Å². The van der Waals surface area contributed by atoms with E-state index in [-0.39, 0.29) is 17.7 Å². The molecule has 1 unspecified atom stereocenters. The van der Waals surface area contributed by atoms with E-state index >= 15 is 0 Å². The van der Waals surface area contributed by atoms with Gasteiger partial charge in [-0.1, -0.05) is 13.8 Å². The summed E-state index contributed by atoms with van der Waals surface area (Å²) in [4.78, 5) is 34.1. The molecule has 26 heavy (non-hydrogen) atoms. The molecule has 6 nitrogen and oxygen atoms in total. The third kappa shape index (κ3) is 3.94. The van der Waals surface area contributed by atoms with Crippen LogP contribution in [0.1, 0.15) is 68.6 Å². The summed E-state index contributed by atoms with van der Waals surface area (Å²) in [7, 11) is 0. The van der Waals surface area contributed by atoms with Crippen LogP contribution in [0, 0.1) is 5.92 Å². The van der Waals surface area contributed by atoms with E-state index in [1.165, 1.54) is 6.42 Å². The number of likely N-dealkylation sites (tertiary alicyclic amines) is 1. The zero-order valence-electron chi connectivity index (χ0n) is 16.2. The quantitative estimate of drug-likeness (QED) is 0.784. The molecule has 0 saturated carbocycles. The summed E-state index contributed by atoms with van der Waals surface area (Å²) in [6, 6.07) is 0. The Hall–Kier alpha value is -1.85. The SMILES string of the molecule is CCCN(CCC)C(=O)c1ncn2c1CCC(C(=O)N1CCCCC1)C2. The van der Waals surface area contributed by atoms with Crippen LogP contribution in [-0.2, 0) is 17.8 Å². The summed E-state index contributed by atoms with van der Waals surface area (Å²) in [5.74, 6) is 0.360. The van der Waals surface area contributed by atoms with Crippen molar-refractivity contribution in [3.63, 3.8) is 0 Å². The van der Waals surface area contributed by atoms with E-state index in [0.29, 0.717) is 12.2 Å². The molecule has 2 aliphatic rings. The largest absolute Gasteiger partial charge is 0.342 e. The van der Waals surface area contributed by atoms with Gasteiger partial charge in [0.1, 0.15) is 5.69 Å². The van der Waals surface area contributed by atoms with Gasteiger partial charge in [0.2, 0.25) is 5.91 Å². The molecule has 6 heteroatoms. The average molecular weight is 361 g/mol. The zero-order valence-corrected chi connectivity index (χ0v) is 16.2. The maximum Gasteiger partial charge on any atom is 0.274 e. The molecule has 0 spiro atoms. The van der Waals surface area contributed by atoms with Gasteiger partial charge in [0.25, 0.3) is 5.91 Å². The number of carbonyl (C=O) groups is 2. The Balaban J connectivity index is 1.69. The van der Waals surface area contributed by atoms with Crippen LogP contribution in [-0.4, -0.2) is 57.3 Å². The molecule has 0 bridgehead atoms. The van der Waals surface area contributed by atoms with Crippen LogP contribution in [0.3, 0.4) is 0 Å². The zero-order chi connectivity index (χ0) is 18.5. The fourth-order valence-corrected chi connectivity index (χ4v) is 4.22. The monoisotopic (exact) mass is 360 g/mol. The van der Waals surface area contributed by atoms with Gasteiger partial charge in [-0.05, 0) is 44.9 Å². The fraction of sp³-hybridized carbons (Fsp3) is 0.750. The molecular formula is C20H32N4O2. The maximum atomic E-state index is 12.9. The van der Waals surface area contributed by atoms with Gasteiger partial charge in [-0.2, -0.15) is 0 Å². The Morgan fingerprint density at radius 3 is 2.50 bits per heavy atom. The molecule has 0 aromatic carbocycles. The van der Waals surface area contributed by atoms with Gasteiger partial charge in [-0.3, -0.25) is 9.59 Å². The molecule has 1 atom stereocenters. The Morgan fingerprint density at radius 1 is 1.15 bits per heavy atom. The second-order valence-electron chi connectivity index (χ2n) is 7.61. The van der Waals surface area contributed by atoms with E-state index in [9.17, 15) is 9.59 Å². The first-order chi connectivity index (χ1) is 12.7. The molecule has 144 valence electrons. The van der Waals surface area contributed by atoms with Crippen LogP contribution in [0.2, 0.25) is 0 Å². The molecule has 0 radical (unpaired) electrons. The second-order valence-corrected chi connectivity index (χ2v) is 7.61. The van der Waals surface area contributed by atoms with E-state index in [1.807, 2.05) is 14.4 Å². The summed E-state index contributed by atoms with van der Waals surface area (Å²) in [5, 5.41) is 0.